The maximum absolute atomic E-state index is 11.7. The van der Waals surface area contributed by atoms with Gasteiger partial charge in [-0.25, -0.2) is 0 Å². The van der Waals surface area contributed by atoms with Gasteiger partial charge in [-0.2, -0.15) is 0 Å². The second-order valence-electron chi connectivity index (χ2n) is 4.45. The molecule has 1 aromatic rings. The zero-order valence-corrected chi connectivity index (χ0v) is 8.72. The first-order valence-electron chi connectivity index (χ1n) is 5.36. The molecule has 2 unspecified atom stereocenters. The van der Waals surface area contributed by atoms with Gasteiger partial charge in [-0.3, -0.25) is 14.5 Å². The lowest BCUT2D eigenvalue weighted by Crippen LogP contribution is -2.32. The quantitative estimate of drug-likeness (QED) is 0.586. The van der Waals surface area contributed by atoms with Crippen LogP contribution in [0.25, 0.3) is 0 Å². The number of carbonyl (C=O) groups is 2. The number of rotatable bonds is 2. The van der Waals surface area contributed by atoms with Gasteiger partial charge in [0.2, 0.25) is 11.8 Å². The normalized spacial score (nSPS) is 27.1. The second-order valence-corrected chi connectivity index (χ2v) is 4.45. The van der Waals surface area contributed by atoms with Gasteiger partial charge in [-0.1, -0.05) is 12.1 Å². The molecule has 0 radical (unpaired) electrons. The molecule has 1 aromatic carbocycles. The van der Waals surface area contributed by atoms with Crippen molar-refractivity contribution in [2.75, 3.05) is 5.73 Å². The summed E-state index contributed by atoms with van der Waals surface area (Å²) in [6.07, 6.45) is 0.760. The van der Waals surface area contributed by atoms with Crippen LogP contribution in [0.2, 0.25) is 0 Å². The Bertz CT molecular complexity index is 446. The van der Waals surface area contributed by atoms with E-state index in [-0.39, 0.29) is 23.7 Å². The van der Waals surface area contributed by atoms with Crippen LogP contribution in [0.1, 0.15) is 12.0 Å². The molecule has 2 aliphatic rings. The van der Waals surface area contributed by atoms with E-state index >= 15 is 0 Å². The molecule has 0 aromatic heterocycles. The Balaban J connectivity index is 1.78. The number of hydrogen-bond donors (Lipinski definition) is 1. The molecule has 82 valence electrons. The van der Waals surface area contributed by atoms with E-state index in [1.165, 1.54) is 4.90 Å². The topological polar surface area (TPSA) is 63.4 Å². The first kappa shape index (κ1) is 9.39. The maximum atomic E-state index is 11.7. The molecule has 1 aliphatic carbocycles. The van der Waals surface area contributed by atoms with Gasteiger partial charge in [0.1, 0.15) is 0 Å². The number of carbonyl (C=O) groups excluding carboxylic acids is 2. The third-order valence-electron chi connectivity index (χ3n) is 3.28. The highest BCUT2D eigenvalue weighted by Gasteiger charge is 2.58. The number of nitrogens with two attached hydrogens (primary N) is 1. The molecule has 0 bridgehead atoms. The molecule has 4 nitrogen and oxygen atoms in total. The van der Waals surface area contributed by atoms with Gasteiger partial charge in [0, 0.05) is 5.69 Å². The van der Waals surface area contributed by atoms with E-state index in [9.17, 15) is 9.59 Å². The number of nitrogen functional groups attached to an aromatic ring is 1. The van der Waals surface area contributed by atoms with Crippen molar-refractivity contribution in [3.8, 4) is 0 Å². The van der Waals surface area contributed by atoms with E-state index in [0.29, 0.717) is 12.2 Å². The molecular formula is C12H12N2O2. The Morgan fingerprint density at radius 2 is 1.69 bits per heavy atom. The van der Waals surface area contributed by atoms with Crippen LogP contribution >= 0.6 is 0 Å². The lowest BCUT2D eigenvalue weighted by Gasteiger charge is -2.16. The van der Waals surface area contributed by atoms with Crippen LogP contribution in [0, 0.1) is 11.8 Å². The average Bonchev–Trinajstić information content (AvgIpc) is 3.02. The zero-order chi connectivity index (χ0) is 11.3. The molecule has 4 heteroatoms. The molecule has 3 rings (SSSR count). The van der Waals surface area contributed by atoms with Crippen LogP contribution in [-0.4, -0.2) is 16.7 Å². The van der Waals surface area contributed by atoms with Gasteiger partial charge in [0.05, 0.1) is 18.4 Å². The molecule has 2 fully saturated rings. The molecule has 2 amide bonds. The monoisotopic (exact) mass is 216 g/mol. The highest BCUT2D eigenvalue weighted by Crippen LogP contribution is 2.47. The van der Waals surface area contributed by atoms with Crippen LogP contribution in [-0.2, 0) is 16.1 Å². The van der Waals surface area contributed by atoms with Gasteiger partial charge in [0.15, 0.2) is 0 Å². The number of hydrogen-bond acceptors (Lipinski definition) is 3. The highest BCUT2D eigenvalue weighted by molar-refractivity contribution is 6.08. The Morgan fingerprint density at radius 3 is 2.25 bits per heavy atom. The first-order valence-corrected chi connectivity index (χ1v) is 5.36. The number of likely N-dealkylation sites (tertiary alicyclic amines) is 1. The summed E-state index contributed by atoms with van der Waals surface area (Å²) < 4.78 is 0. The van der Waals surface area contributed by atoms with Crippen LogP contribution in [0.4, 0.5) is 5.69 Å². The highest BCUT2D eigenvalue weighted by atomic mass is 16.2. The van der Waals surface area contributed by atoms with Crippen molar-refractivity contribution in [3.63, 3.8) is 0 Å². The van der Waals surface area contributed by atoms with Crippen molar-refractivity contribution < 1.29 is 9.59 Å². The molecule has 0 spiro atoms. The van der Waals surface area contributed by atoms with Gasteiger partial charge in [0.25, 0.3) is 0 Å². The van der Waals surface area contributed by atoms with Gasteiger partial charge < -0.3 is 5.73 Å². The van der Waals surface area contributed by atoms with Crippen LogP contribution in [0.15, 0.2) is 24.3 Å². The Morgan fingerprint density at radius 1 is 1.12 bits per heavy atom. The molecule has 1 saturated carbocycles. The molecule has 16 heavy (non-hydrogen) atoms. The Hall–Kier alpha value is -1.84. The fourth-order valence-electron chi connectivity index (χ4n) is 2.21. The number of benzene rings is 1. The number of nitrogens with zero attached hydrogens (tertiary/aromatic N) is 1. The largest absolute Gasteiger partial charge is 0.399 e. The Labute approximate surface area is 93.0 Å². The molecule has 2 N–H and O–H groups in total. The number of amides is 2. The van der Waals surface area contributed by atoms with E-state index < -0.39 is 0 Å². The number of anilines is 1. The lowest BCUT2D eigenvalue weighted by atomic mass is 10.2. The summed E-state index contributed by atoms with van der Waals surface area (Å²) in [6.45, 7) is 0.380. The van der Waals surface area contributed by atoms with Crippen molar-refractivity contribution >= 4 is 17.5 Å². The van der Waals surface area contributed by atoms with Crippen molar-refractivity contribution in [1.29, 1.82) is 0 Å². The minimum Gasteiger partial charge on any atom is -0.399 e. The van der Waals surface area contributed by atoms with E-state index in [1.807, 2.05) is 12.1 Å². The summed E-state index contributed by atoms with van der Waals surface area (Å²) >= 11 is 0. The fourth-order valence-corrected chi connectivity index (χ4v) is 2.21. The number of imide groups is 1. The number of piperidine rings is 1. The van der Waals surface area contributed by atoms with Gasteiger partial charge in [-0.15, -0.1) is 0 Å². The van der Waals surface area contributed by atoms with Crippen LogP contribution in [0.5, 0.6) is 0 Å². The second kappa shape index (κ2) is 3.07. The van der Waals surface area contributed by atoms with Crippen LogP contribution < -0.4 is 5.73 Å². The SMILES string of the molecule is Nc1ccc(CN2C(=O)C3CC3C2=O)cc1. The van der Waals surface area contributed by atoms with Gasteiger partial charge >= 0.3 is 0 Å². The average molecular weight is 216 g/mol. The molecule has 2 atom stereocenters. The Kier molecular flexibility index (Phi) is 1.80. The molecule has 1 saturated heterocycles. The van der Waals surface area contributed by atoms with Crippen molar-refractivity contribution in [2.24, 2.45) is 11.8 Å². The van der Waals surface area contributed by atoms with Crippen molar-refractivity contribution in [3.05, 3.63) is 29.8 Å². The van der Waals surface area contributed by atoms with E-state index in [0.717, 1.165) is 12.0 Å². The standard InChI is InChI=1S/C12H12N2O2/c13-8-3-1-7(2-4-8)6-14-11(15)9-5-10(9)12(14)16/h1-4,9-10H,5-6,13H2. The summed E-state index contributed by atoms with van der Waals surface area (Å²) in [7, 11) is 0. The maximum Gasteiger partial charge on any atom is 0.233 e. The minimum atomic E-state index is -0.0127. The summed E-state index contributed by atoms with van der Waals surface area (Å²) in [6, 6.07) is 7.25. The zero-order valence-electron chi connectivity index (χ0n) is 8.72. The summed E-state index contributed by atoms with van der Waals surface area (Å²) in [4.78, 5) is 24.8. The predicted molar refractivity (Wildman–Crippen MR) is 58.0 cm³/mol. The van der Waals surface area contributed by atoms with E-state index in [2.05, 4.69) is 0 Å². The lowest BCUT2D eigenvalue weighted by molar-refractivity contribution is -0.142. The van der Waals surface area contributed by atoms with Crippen LogP contribution in [0.3, 0.4) is 0 Å². The minimum absolute atomic E-state index is 0.00757. The van der Waals surface area contributed by atoms with E-state index in [4.69, 9.17) is 5.73 Å². The fraction of sp³-hybridized carbons (Fsp3) is 0.333. The summed E-state index contributed by atoms with van der Waals surface area (Å²) in [5, 5.41) is 0. The predicted octanol–water partition coefficient (Wildman–Crippen LogP) is 0.774. The third kappa shape index (κ3) is 1.30. The third-order valence-corrected chi connectivity index (χ3v) is 3.28. The number of fused-ring (bicyclic) bond motifs is 1. The smallest absolute Gasteiger partial charge is 0.233 e. The first-order chi connectivity index (χ1) is 7.66. The van der Waals surface area contributed by atoms with Crippen molar-refractivity contribution in [1.82, 2.24) is 4.90 Å². The van der Waals surface area contributed by atoms with Crippen molar-refractivity contribution in [2.45, 2.75) is 13.0 Å². The molecule has 1 heterocycles. The summed E-state index contributed by atoms with van der Waals surface area (Å²) in [5.74, 6) is -0.0405. The van der Waals surface area contributed by atoms with E-state index in [1.54, 1.807) is 12.1 Å². The van der Waals surface area contributed by atoms with Gasteiger partial charge in [-0.05, 0) is 24.1 Å². The molecule has 1 aliphatic heterocycles. The molecular weight excluding hydrogens is 204 g/mol. The summed E-state index contributed by atoms with van der Waals surface area (Å²) in [5.41, 5.74) is 7.20.